The summed E-state index contributed by atoms with van der Waals surface area (Å²) in [7, 11) is 0. The number of fused-ring (bicyclic) bond motifs is 1. The molecule has 0 spiro atoms. The van der Waals surface area contributed by atoms with Crippen LogP contribution in [0.3, 0.4) is 0 Å². The molecule has 0 bridgehead atoms. The van der Waals surface area contributed by atoms with Gasteiger partial charge in [0.05, 0.1) is 12.6 Å². The predicted molar refractivity (Wildman–Crippen MR) is 65.6 cm³/mol. The molecule has 2 aliphatic heterocycles. The summed E-state index contributed by atoms with van der Waals surface area (Å²) in [6.45, 7) is 4.37. The summed E-state index contributed by atoms with van der Waals surface area (Å²) in [5, 5.41) is 21.0. The maximum atomic E-state index is 9.15. The number of aromatic nitrogens is 3. The largest absolute Gasteiger partial charge is 0.314 e. The van der Waals surface area contributed by atoms with Gasteiger partial charge in [-0.05, 0) is 12.8 Å². The average molecular weight is 246 g/mol. The molecule has 2 aliphatic rings. The third-order valence-corrected chi connectivity index (χ3v) is 3.78. The highest BCUT2D eigenvalue weighted by Crippen LogP contribution is 2.16. The predicted octanol–water partition coefficient (Wildman–Crippen LogP) is -0.0882. The summed E-state index contributed by atoms with van der Waals surface area (Å²) in [5.41, 5.74) is 0. The van der Waals surface area contributed by atoms with Gasteiger partial charge in [-0.2, -0.15) is 5.26 Å². The van der Waals surface area contributed by atoms with Crippen LogP contribution in [0.15, 0.2) is 0 Å². The fourth-order valence-corrected chi connectivity index (χ4v) is 2.73. The molecule has 3 heterocycles. The van der Waals surface area contributed by atoms with Crippen molar-refractivity contribution in [3.8, 4) is 6.07 Å². The molecule has 0 aliphatic carbocycles. The van der Waals surface area contributed by atoms with Crippen molar-refractivity contribution in [3.63, 3.8) is 0 Å². The van der Waals surface area contributed by atoms with Crippen LogP contribution < -0.4 is 5.32 Å². The van der Waals surface area contributed by atoms with E-state index in [0.29, 0.717) is 0 Å². The highest BCUT2D eigenvalue weighted by Gasteiger charge is 2.24. The van der Waals surface area contributed by atoms with Crippen LogP contribution in [0, 0.1) is 11.3 Å². The first-order valence-corrected chi connectivity index (χ1v) is 6.64. The normalized spacial score (nSPS) is 24.5. The number of aryl methyl sites for hydroxylation is 1. The molecule has 1 atom stereocenters. The number of nitrogens with one attached hydrogen (secondary N) is 1. The molecule has 1 fully saturated rings. The number of rotatable bonds is 2. The zero-order valence-corrected chi connectivity index (χ0v) is 10.5. The Morgan fingerprint density at radius 3 is 3.17 bits per heavy atom. The van der Waals surface area contributed by atoms with E-state index in [9.17, 15) is 0 Å². The molecule has 0 saturated carbocycles. The fourth-order valence-electron chi connectivity index (χ4n) is 2.73. The summed E-state index contributed by atoms with van der Waals surface area (Å²) in [4.78, 5) is 2.20. The van der Waals surface area contributed by atoms with Gasteiger partial charge in [0.2, 0.25) is 0 Å². The van der Waals surface area contributed by atoms with Crippen LogP contribution in [0.2, 0.25) is 0 Å². The standard InChI is InChI=1S/C12H18N6/c13-7-10-8-14-4-6-17(10)9-12-16-15-11-3-1-2-5-18(11)12/h10,14H,1-6,8-9H2. The van der Waals surface area contributed by atoms with Crippen LogP contribution in [0.1, 0.15) is 24.5 Å². The lowest BCUT2D eigenvalue weighted by molar-refractivity contribution is 0.182. The molecule has 18 heavy (non-hydrogen) atoms. The van der Waals surface area contributed by atoms with Gasteiger partial charge in [0.15, 0.2) is 0 Å². The Labute approximate surface area is 107 Å². The highest BCUT2D eigenvalue weighted by molar-refractivity contribution is 5.02. The number of hydrogen-bond acceptors (Lipinski definition) is 5. The molecule has 1 N–H and O–H groups in total. The first-order valence-electron chi connectivity index (χ1n) is 6.64. The van der Waals surface area contributed by atoms with Gasteiger partial charge in [-0.15, -0.1) is 10.2 Å². The molecule has 6 heteroatoms. The monoisotopic (exact) mass is 246 g/mol. The molecule has 1 unspecified atom stereocenters. The Bertz CT molecular complexity index is 460. The molecule has 0 radical (unpaired) electrons. The SMILES string of the molecule is N#CC1CNCCN1Cc1nnc2n1CCCC2. The first-order chi connectivity index (χ1) is 8.88. The van der Waals surface area contributed by atoms with Crippen molar-refractivity contribution in [2.45, 2.75) is 38.4 Å². The zero-order chi connectivity index (χ0) is 12.4. The fraction of sp³-hybridized carbons (Fsp3) is 0.750. The lowest BCUT2D eigenvalue weighted by atomic mass is 10.1. The topological polar surface area (TPSA) is 69.8 Å². The van der Waals surface area contributed by atoms with Gasteiger partial charge in [-0.1, -0.05) is 0 Å². The van der Waals surface area contributed by atoms with Crippen LogP contribution >= 0.6 is 0 Å². The van der Waals surface area contributed by atoms with Crippen molar-refractivity contribution in [3.05, 3.63) is 11.6 Å². The number of hydrogen-bond donors (Lipinski definition) is 1. The quantitative estimate of drug-likeness (QED) is 0.790. The van der Waals surface area contributed by atoms with Gasteiger partial charge in [0, 0.05) is 32.6 Å². The second kappa shape index (κ2) is 5.04. The molecular weight excluding hydrogens is 228 g/mol. The van der Waals surface area contributed by atoms with Crippen molar-refractivity contribution >= 4 is 0 Å². The average Bonchev–Trinajstić information content (AvgIpc) is 2.83. The third kappa shape index (κ3) is 2.11. The van der Waals surface area contributed by atoms with Crippen molar-refractivity contribution in [2.24, 2.45) is 0 Å². The van der Waals surface area contributed by atoms with Gasteiger partial charge >= 0.3 is 0 Å². The van der Waals surface area contributed by atoms with Crippen LogP contribution in [0.25, 0.3) is 0 Å². The van der Waals surface area contributed by atoms with Gasteiger partial charge in [0.25, 0.3) is 0 Å². The molecule has 1 saturated heterocycles. The Morgan fingerprint density at radius 1 is 1.33 bits per heavy atom. The zero-order valence-electron chi connectivity index (χ0n) is 10.5. The molecule has 1 aromatic rings. The van der Waals surface area contributed by atoms with Crippen molar-refractivity contribution in [1.82, 2.24) is 25.0 Å². The number of nitriles is 1. The highest BCUT2D eigenvalue weighted by atomic mass is 15.3. The van der Waals surface area contributed by atoms with Crippen molar-refractivity contribution < 1.29 is 0 Å². The van der Waals surface area contributed by atoms with Gasteiger partial charge < -0.3 is 9.88 Å². The van der Waals surface area contributed by atoms with E-state index in [1.54, 1.807) is 0 Å². The van der Waals surface area contributed by atoms with E-state index in [0.717, 1.165) is 50.8 Å². The van der Waals surface area contributed by atoms with Crippen molar-refractivity contribution in [1.29, 1.82) is 5.26 Å². The molecule has 1 aromatic heterocycles. The molecule has 3 rings (SSSR count). The summed E-state index contributed by atoms with van der Waals surface area (Å²) >= 11 is 0. The van der Waals surface area contributed by atoms with Crippen molar-refractivity contribution in [2.75, 3.05) is 19.6 Å². The van der Waals surface area contributed by atoms with E-state index in [2.05, 4.69) is 31.1 Å². The lowest BCUT2D eigenvalue weighted by Crippen LogP contribution is -2.50. The third-order valence-electron chi connectivity index (χ3n) is 3.78. The van der Waals surface area contributed by atoms with E-state index in [1.165, 1.54) is 12.8 Å². The van der Waals surface area contributed by atoms with E-state index < -0.39 is 0 Å². The maximum absolute atomic E-state index is 9.15. The minimum absolute atomic E-state index is 0.0460. The Morgan fingerprint density at radius 2 is 2.28 bits per heavy atom. The molecular formula is C12H18N6. The van der Waals surface area contributed by atoms with E-state index in [1.807, 2.05) is 0 Å². The summed E-state index contributed by atoms with van der Waals surface area (Å²) < 4.78 is 2.24. The summed E-state index contributed by atoms with van der Waals surface area (Å²) in [5.74, 6) is 2.13. The Balaban J connectivity index is 1.75. The Hall–Kier alpha value is -1.45. The van der Waals surface area contributed by atoms with Crippen LogP contribution in [-0.2, 0) is 19.5 Å². The van der Waals surface area contributed by atoms with Gasteiger partial charge in [-0.3, -0.25) is 4.90 Å². The van der Waals surface area contributed by atoms with Crippen LogP contribution in [0.5, 0.6) is 0 Å². The molecule has 0 aromatic carbocycles. The first kappa shape index (κ1) is 11.6. The van der Waals surface area contributed by atoms with E-state index >= 15 is 0 Å². The summed E-state index contributed by atoms with van der Waals surface area (Å²) in [6.07, 6.45) is 3.46. The minimum Gasteiger partial charge on any atom is -0.314 e. The number of piperazine rings is 1. The van der Waals surface area contributed by atoms with E-state index in [-0.39, 0.29) is 6.04 Å². The lowest BCUT2D eigenvalue weighted by Gasteiger charge is -2.31. The van der Waals surface area contributed by atoms with Gasteiger partial charge in [0.1, 0.15) is 17.7 Å². The van der Waals surface area contributed by atoms with E-state index in [4.69, 9.17) is 5.26 Å². The molecule has 0 amide bonds. The second-order valence-corrected chi connectivity index (χ2v) is 4.96. The summed E-state index contributed by atoms with van der Waals surface area (Å²) in [6, 6.07) is 2.31. The van der Waals surface area contributed by atoms with Gasteiger partial charge in [-0.25, -0.2) is 0 Å². The second-order valence-electron chi connectivity index (χ2n) is 4.96. The molecule has 6 nitrogen and oxygen atoms in total. The maximum Gasteiger partial charge on any atom is 0.147 e. The number of nitrogens with zero attached hydrogens (tertiary/aromatic N) is 5. The smallest absolute Gasteiger partial charge is 0.147 e. The van der Waals surface area contributed by atoms with Crippen LogP contribution in [-0.4, -0.2) is 45.3 Å². The minimum atomic E-state index is -0.0460. The van der Waals surface area contributed by atoms with Crippen LogP contribution in [0.4, 0.5) is 0 Å². The molecule has 96 valence electrons. The Kier molecular flexibility index (Phi) is 3.26.